The number of nitrogens with one attached hydrogen (secondary N) is 2. The van der Waals surface area contributed by atoms with E-state index in [0.29, 0.717) is 16.9 Å². The average molecular weight is 382 g/mol. The first-order valence-electron chi connectivity index (χ1n) is 8.74. The van der Waals surface area contributed by atoms with Gasteiger partial charge in [0.15, 0.2) is 0 Å². The largest absolute Gasteiger partial charge is 0.343 e. The highest BCUT2D eigenvalue weighted by molar-refractivity contribution is 7.09. The molecule has 0 saturated heterocycles. The molecular formula is C21H23N3O2S. The molecule has 140 valence electrons. The number of carbonyl (C=O) groups excluding carboxylic acids is 2. The molecule has 2 aromatic heterocycles. The Hall–Kier alpha value is -2.86. The lowest BCUT2D eigenvalue weighted by atomic mass is 10.1. The van der Waals surface area contributed by atoms with Gasteiger partial charge in [-0.3, -0.25) is 9.59 Å². The Morgan fingerprint density at radius 1 is 1.04 bits per heavy atom. The summed E-state index contributed by atoms with van der Waals surface area (Å²) in [5.41, 5.74) is 4.86. The Morgan fingerprint density at radius 3 is 2.37 bits per heavy atom. The molecule has 1 aromatic carbocycles. The Kier molecular flexibility index (Phi) is 5.46. The molecule has 2 heterocycles. The van der Waals surface area contributed by atoms with Crippen LogP contribution in [0, 0.1) is 20.8 Å². The quantitative estimate of drug-likeness (QED) is 0.671. The summed E-state index contributed by atoms with van der Waals surface area (Å²) in [6, 6.07) is 11.5. The first-order chi connectivity index (χ1) is 12.9. The lowest BCUT2D eigenvalue weighted by molar-refractivity contribution is -0.114. The Labute approximate surface area is 163 Å². The number of rotatable bonds is 5. The van der Waals surface area contributed by atoms with Crippen LogP contribution in [-0.4, -0.2) is 16.4 Å². The molecule has 2 N–H and O–H groups in total. The van der Waals surface area contributed by atoms with Crippen molar-refractivity contribution in [2.75, 3.05) is 10.6 Å². The predicted octanol–water partition coefficient (Wildman–Crippen LogP) is 4.73. The molecule has 3 rings (SSSR count). The third-order valence-electron chi connectivity index (χ3n) is 4.61. The van der Waals surface area contributed by atoms with Gasteiger partial charge < -0.3 is 15.2 Å². The van der Waals surface area contributed by atoms with E-state index in [2.05, 4.69) is 26.6 Å². The smallest absolute Gasteiger partial charge is 0.257 e. The van der Waals surface area contributed by atoms with Crippen LogP contribution in [0.15, 0.2) is 41.8 Å². The summed E-state index contributed by atoms with van der Waals surface area (Å²) < 4.78 is 2.15. The van der Waals surface area contributed by atoms with Gasteiger partial charge in [-0.2, -0.15) is 0 Å². The van der Waals surface area contributed by atoms with E-state index in [4.69, 9.17) is 0 Å². The minimum absolute atomic E-state index is 0.140. The molecular weight excluding hydrogens is 358 g/mol. The molecule has 2 amide bonds. The van der Waals surface area contributed by atoms with Crippen LogP contribution in [-0.2, 0) is 11.3 Å². The molecule has 0 aliphatic heterocycles. The van der Waals surface area contributed by atoms with E-state index in [1.165, 1.54) is 11.8 Å². The molecule has 0 fully saturated rings. The second-order valence-corrected chi connectivity index (χ2v) is 7.60. The monoisotopic (exact) mass is 381 g/mol. The highest BCUT2D eigenvalue weighted by Gasteiger charge is 2.17. The zero-order valence-corrected chi connectivity index (χ0v) is 16.7. The van der Waals surface area contributed by atoms with Crippen LogP contribution in [0.2, 0.25) is 0 Å². The molecule has 0 unspecified atom stereocenters. The van der Waals surface area contributed by atoms with Crippen molar-refractivity contribution in [2.45, 2.75) is 34.2 Å². The van der Waals surface area contributed by atoms with Crippen molar-refractivity contribution >= 4 is 34.5 Å². The lowest BCUT2D eigenvalue weighted by Gasteiger charge is -2.13. The van der Waals surface area contributed by atoms with Gasteiger partial charge in [0.25, 0.3) is 5.91 Å². The molecule has 0 atom stereocenters. The van der Waals surface area contributed by atoms with E-state index >= 15 is 0 Å². The highest BCUT2D eigenvalue weighted by Crippen LogP contribution is 2.25. The van der Waals surface area contributed by atoms with Gasteiger partial charge in [-0.15, -0.1) is 11.3 Å². The summed E-state index contributed by atoms with van der Waals surface area (Å²) in [7, 11) is 0. The van der Waals surface area contributed by atoms with Crippen molar-refractivity contribution in [3.8, 4) is 0 Å². The van der Waals surface area contributed by atoms with Gasteiger partial charge in [-0.05, 0) is 56.0 Å². The summed E-state index contributed by atoms with van der Waals surface area (Å²) in [6.45, 7) is 8.09. The zero-order valence-electron chi connectivity index (χ0n) is 15.9. The summed E-state index contributed by atoms with van der Waals surface area (Å²) >= 11 is 1.71. The number of thiophene rings is 1. The Morgan fingerprint density at radius 2 is 1.74 bits per heavy atom. The van der Waals surface area contributed by atoms with Gasteiger partial charge in [0.05, 0.1) is 12.1 Å². The van der Waals surface area contributed by atoms with E-state index in [-0.39, 0.29) is 11.8 Å². The van der Waals surface area contributed by atoms with Crippen molar-refractivity contribution in [3.63, 3.8) is 0 Å². The first-order valence-corrected chi connectivity index (χ1v) is 9.62. The van der Waals surface area contributed by atoms with Crippen LogP contribution in [0.25, 0.3) is 0 Å². The van der Waals surface area contributed by atoms with Crippen LogP contribution in [0.5, 0.6) is 0 Å². The standard InChI is InChI=1S/C21H23N3O2S/c1-13-11-18(15(3)24(13)12-17-7-6-10-27-17)21(26)23-20-9-5-8-19(14(20)2)22-16(4)25/h5-11H,12H2,1-4H3,(H,22,25)(H,23,26). The molecule has 0 spiro atoms. The predicted molar refractivity (Wildman–Crippen MR) is 111 cm³/mol. The van der Waals surface area contributed by atoms with Crippen LogP contribution < -0.4 is 10.6 Å². The Balaban J connectivity index is 1.84. The Bertz CT molecular complexity index is 987. The van der Waals surface area contributed by atoms with E-state index < -0.39 is 0 Å². The van der Waals surface area contributed by atoms with Crippen LogP contribution in [0.3, 0.4) is 0 Å². The zero-order chi connectivity index (χ0) is 19.6. The van der Waals surface area contributed by atoms with E-state index in [9.17, 15) is 9.59 Å². The topological polar surface area (TPSA) is 63.1 Å². The fraction of sp³-hybridized carbons (Fsp3) is 0.238. The minimum Gasteiger partial charge on any atom is -0.343 e. The van der Waals surface area contributed by atoms with Crippen molar-refractivity contribution in [1.82, 2.24) is 4.57 Å². The second-order valence-electron chi connectivity index (χ2n) is 6.56. The van der Waals surface area contributed by atoms with E-state index in [1.807, 2.05) is 51.1 Å². The van der Waals surface area contributed by atoms with Gasteiger partial charge >= 0.3 is 0 Å². The minimum atomic E-state index is -0.149. The lowest BCUT2D eigenvalue weighted by Crippen LogP contribution is -2.15. The number of nitrogens with zero attached hydrogens (tertiary/aromatic N) is 1. The fourth-order valence-electron chi connectivity index (χ4n) is 3.12. The molecule has 0 radical (unpaired) electrons. The summed E-state index contributed by atoms with van der Waals surface area (Å²) in [6.07, 6.45) is 0. The van der Waals surface area contributed by atoms with Gasteiger partial charge in [-0.1, -0.05) is 12.1 Å². The van der Waals surface area contributed by atoms with Crippen LogP contribution in [0.4, 0.5) is 11.4 Å². The number of anilines is 2. The van der Waals surface area contributed by atoms with Crippen LogP contribution in [0.1, 0.15) is 39.1 Å². The molecule has 5 nitrogen and oxygen atoms in total. The maximum absolute atomic E-state index is 12.9. The number of hydrogen-bond acceptors (Lipinski definition) is 3. The van der Waals surface area contributed by atoms with Gasteiger partial charge in [0.2, 0.25) is 5.91 Å². The number of aromatic nitrogens is 1. The SMILES string of the molecule is CC(=O)Nc1cccc(NC(=O)c2cc(C)n(Cc3cccs3)c2C)c1C. The van der Waals surface area contributed by atoms with E-state index in [1.54, 1.807) is 11.3 Å². The molecule has 27 heavy (non-hydrogen) atoms. The number of hydrogen-bond donors (Lipinski definition) is 2. The summed E-state index contributed by atoms with van der Waals surface area (Å²) in [5, 5.41) is 7.82. The number of benzene rings is 1. The summed E-state index contributed by atoms with van der Waals surface area (Å²) in [5.74, 6) is -0.290. The van der Waals surface area contributed by atoms with Crippen molar-refractivity contribution in [2.24, 2.45) is 0 Å². The van der Waals surface area contributed by atoms with Crippen LogP contribution >= 0.6 is 11.3 Å². The van der Waals surface area contributed by atoms with Gasteiger partial charge in [0, 0.05) is 34.6 Å². The summed E-state index contributed by atoms with van der Waals surface area (Å²) in [4.78, 5) is 25.5. The third kappa shape index (κ3) is 4.11. The van der Waals surface area contributed by atoms with Gasteiger partial charge in [0.1, 0.15) is 0 Å². The van der Waals surface area contributed by atoms with E-state index in [0.717, 1.165) is 23.5 Å². The first kappa shape index (κ1) is 18.9. The average Bonchev–Trinajstić information content (AvgIpc) is 3.22. The van der Waals surface area contributed by atoms with Crippen molar-refractivity contribution in [3.05, 3.63) is 69.2 Å². The maximum atomic E-state index is 12.9. The van der Waals surface area contributed by atoms with Crippen molar-refractivity contribution in [1.29, 1.82) is 0 Å². The highest BCUT2D eigenvalue weighted by atomic mass is 32.1. The normalized spacial score (nSPS) is 10.7. The molecule has 0 aliphatic rings. The number of aryl methyl sites for hydroxylation is 1. The number of amides is 2. The molecule has 3 aromatic rings. The van der Waals surface area contributed by atoms with Gasteiger partial charge in [-0.25, -0.2) is 0 Å². The number of carbonyl (C=O) groups is 2. The molecule has 0 bridgehead atoms. The molecule has 6 heteroatoms. The fourth-order valence-corrected chi connectivity index (χ4v) is 3.81. The maximum Gasteiger partial charge on any atom is 0.257 e. The van der Waals surface area contributed by atoms with Crippen molar-refractivity contribution < 1.29 is 9.59 Å². The second kappa shape index (κ2) is 7.80. The molecule has 0 saturated carbocycles. The molecule has 0 aliphatic carbocycles. The third-order valence-corrected chi connectivity index (χ3v) is 5.47.